The standard InChI is InChI=1S/4C6H8O7.3Na/c4*7-3(8)1-6(13,5(11)12)2-4(9)10;;;/h4*13H,1-2H2,(H,7,8)(H,9,10)(H,11,12);;;/q;;;;3*+1/p-3. The predicted octanol–water partition coefficient (Wildman–Crippen LogP) is -18.0. The molecule has 296 valence electrons. The summed E-state index contributed by atoms with van der Waals surface area (Å²) < 4.78 is 0. The van der Waals surface area contributed by atoms with Gasteiger partial charge in [-0.3, -0.25) is 28.8 Å². The van der Waals surface area contributed by atoms with Crippen molar-refractivity contribution < 1.29 is 228 Å². The van der Waals surface area contributed by atoms with Gasteiger partial charge in [-0.2, -0.15) is 0 Å². The summed E-state index contributed by atoms with van der Waals surface area (Å²) in [5, 5.41) is 140. The Morgan fingerprint density at radius 2 is 0.455 bits per heavy atom. The first-order valence-corrected chi connectivity index (χ1v) is 12.6. The quantitative estimate of drug-likeness (QED) is 0.0506. The van der Waals surface area contributed by atoms with Crippen LogP contribution in [0, 0.1) is 0 Å². The van der Waals surface area contributed by atoms with E-state index in [1.54, 1.807) is 0 Å². The van der Waals surface area contributed by atoms with Crippen LogP contribution in [0.3, 0.4) is 0 Å². The van der Waals surface area contributed by atoms with Gasteiger partial charge in [-0.15, -0.1) is 0 Å². The summed E-state index contributed by atoms with van der Waals surface area (Å²) in [4.78, 5) is 121. The largest absolute Gasteiger partial charge is 1.00 e. The fraction of sp³-hybridized carbons (Fsp3) is 0.500. The molecule has 0 aliphatic carbocycles. The van der Waals surface area contributed by atoms with Crippen LogP contribution in [-0.2, 0) is 57.5 Å². The number of aliphatic hydroxyl groups is 4. The molecule has 0 aliphatic rings. The first-order chi connectivity index (χ1) is 23.1. The normalized spacial score (nSPS) is 10.3. The Labute approximate surface area is 370 Å². The van der Waals surface area contributed by atoms with E-state index in [9.17, 15) is 72.9 Å². The molecule has 0 aromatic carbocycles. The minimum Gasteiger partial charge on any atom is -0.550 e. The summed E-state index contributed by atoms with van der Waals surface area (Å²) >= 11 is 0. The van der Waals surface area contributed by atoms with Crippen molar-refractivity contribution in [3.63, 3.8) is 0 Å². The number of rotatable bonds is 20. The van der Waals surface area contributed by atoms with Gasteiger partial charge in [0.05, 0.1) is 44.5 Å². The van der Waals surface area contributed by atoms with Gasteiger partial charge in [-0.1, -0.05) is 0 Å². The third-order valence-corrected chi connectivity index (χ3v) is 5.11. The van der Waals surface area contributed by atoms with Crippen LogP contribution < -0.4 is 104 Å². The van der Waals surface area contributed by atoms with E-state index in [1.165, 1.54) is 0 Å². The monoisotopic (exact) mass is 834 g/mol. The molecule has 0 saturated carbocycles. The zero-order valence-corrected chi connectivity index (χ0v) is 34.6. The van der Waals surface area contributed by atoms with Gasteiger partial charge in [0.2, 0.25) is 0 Å². The van der Waals surface area contributed by atoms with E-state index in [1.807, 2.05) is 0 Å². The van der Waals surface area contributed by atoms with E-state index in [0.717, 1.165) is 0 Å². The molecule has 0 amide bonds. The Hall–Kier alpha value is -3.52. The molecule has 31 heteroatoms. The van der Waals surface area contributed by atoms with Gasteiger partial charge in [-0.25, -0.2) is 14.4 Å². The first-order valence-electron chi connectivity index (χ1n) is 12.6. The number of aliphatic carboxylic acids is 12. The Balaban J connectivity index is -0.000000110. The van der Waals surface area contributed by atoms with E-state index in [2.05, 4.69) is 0 Å². The van der Waals surface area contributed by atoms with Crippen LogP contribution in [0.25, 0.3) is 0 Å². The number of carbonyl (C=O) groups is 12. The second kappa shape index (κ2) is 29.7. The van der Waals surface area contributed by atoms with Crippen LogP contribution in [0.1, 0.15) is 51.4 Å². The maximum absolute atomic E-state index is 10.3. The molecule has 0 unspecified atom stereocenters. The van der Waals surface area contributed by atoms with Crippen LogP contribution in [0.15, 0.2) is 0 Å². The zero-order valence-electron chi connectivity index (χ0n) is 28.6. The fourth-order valence-corrected chi connectivity index (χ4v) is 2.83. The van der Waals surface area contributed by atoms with Gasteiger partial charge in [0, 0.05) is 24.8 Å². The van der Waals surface area contributed by atoms with Crippen LogP contribution in [-0.4, -0.2) is 160 Å². The Bertz CT molecular complexity index is 1130. The van der Waals surface area contributed by atoms with Crippen molar-refractivity contribution in [1.29, 1.82) is 0 Å². The van der Waals surface area contributed by atoms with Gasteiger partial charge in [0.1, 0.15) is 5.60 Å². The molecule has 0 saturated heterocycles. The summed E-state index contributed by atoms with van der Waals surface area (Å²) in [5.74, 6) is -21.0. The van der Waals surface area contributed by atoms with Crippen molar-refractivity contribution in [2.75, 3.05) is 0 Å². The molecule has 55 heavy (non-hydrogen) atoms. The molecule has 0 spiro atoms. The minimum atomic E-state index is -2.97. The van der Waals surface area contributed by atoms with Gasteiger partial charge < -0.3 is 96.1 Å². The zero-order chi connectivity index (χ0) is 42.6. The van der Waals surface area contributed by atoms with Crippen molar-refractivity contribution in [3.8, 4) is 0 Å². The second-order valence-corrected chi connectivity index (χ2v) is 9.85. The molecule has 0 aliphatic heterocycles. The molecular formula is C24H29Na3O28. The maximum atomic E-state index is 10.3. The van der Waals surface area contributed by atoms with Crippen molar-refractivity contribution >= 4 is 71.6 Å². The fourth-order valence-electron chi connectivity index (χ4n) is 2.83. The van der Waals surface area contributed by atoms with E-state index in [4.69, 9.17) is 66.4 Å². The van der Waals surface area contributed by atoms with Gasteiger partial charge in [0.25, 0.3) is 0 Å². The van der Waals surface area contributed by atoms with Crippen molar-refractivity contribution in [3.05, 3.63) is 0 Å². The molecule has 0 aromatic heterocycles. The Morgan fingerprint density at radius 3 is 0.527 bits per heavy atom. The summed E-state index contributed by atoms with van der Waals surface area (Å²) in [6.07, 6.45) is -9.58. The summed E-state index contributed by atoms with van der Waals surface area (Å²) in [6, 6.07) is 0. The van der Waals surface area contributed by atoms with Crippen LogP contribution >= 0.6 is 0 Å². The van der Waals surface area contributed by atoms with Crippen LogP contribution in [0.2, 0.25) is 0 Å². The van der Waals surface area contributed by atoms with E-state index in [0.29, 0.717) is 0 Å². The third kappa shape index (κ3) is 32.4. The molecule has 0 radical (unpaired) electrons. The number of carbonyl (C=O) groups excluding carboxylic acids is 3. The second-order valence-electron chi connectivity index (χ2n) is 9.85. The molecule has 13 N–H and O–H groups in total. The summed E-state index contributed by atoms with van der Waals surface area (Å²) in [6.45, 7) is 0. The molecule has 0 bridgehead atoms. The smallest absolute Gasteiger partial charge is 0.550 e. The number of carboxylic acid groups (broad SMARTS) is 12. The molecule has 0 atom stereocenters. The van der Waals surface area contributed by atoms with Crippen LogP contribution in [0.5, 0.6) is 0 Å². The molecule has 0 rings (SSSR count). The average Bonchev–Trinajstić information content (AvgIpc) is 2.85. The van der Waals surface area contributed by atoms with E-state index < -0.39 is 145 Å². The minimum absolute atomic E-state index is 0. The summed E-state index contributed by atoms with van der Waals surface area (Å²) in [5.41, 5.74) is -11.2. The molecule has 28 nitrogen and oxygen atoms in total. The van der Waals surface area contributed by atoms with Crippen molar-refractivity contribution in [2.24, 2.45) is 0 Å². The van der Waals surface area contributed by atoms with Crippen LogP contribution in [0.4, 0.5) is 0 Å². The maximum Gasteiger partial charge on any atom is 1.00 e. The van der Waals surface area contributed by atoms with Crippen molar-refractivity contribution in [2.45, 2.75) is 73.8 Å². The Morgan fingerprint density at radius 1 is 0.309 bits per heavy atom. The first kappa shape index (κ1) is 66.3. The van der Waals surface area contributed by atoms with Crippen molar-refractivity contribution in [1.82, 2.24) is 0 Å². The SMILES string of the molecule is O=C(O)CC(O)(CC(=O)O)C(=O)O.O=C(O)CC(O)(CC(=O)O)C(=O)O.O=C(O)CC(O)(CC(=O)O)C(=O)O.O=C([O-])CC(O)(CC(=O)[O-])C(=O)[O-].[Na+].[Na+].[Na+]. The number of hydrogen-bond acceptors (Lipinski definition) is 19. The average molecular weight is 834 g/mol. The molecule has 0 fully saturated rings. The topological polar surface area (TPSA) is 537 Å². The van der Waals surface area contributed by atoms with E-state index >= 15 is 0 Å². The van der Waals surface area contributed by atoms with Gasteiger partial charge in [-0.05, 0) is 0 Å². The third-order valence-electron chi connectivity index (χ3n) is 5.11. The Kier molecular flexibility index (Phi) is 35.8. The van der Waals surface area contributed by atoms with Gasteiger partial charge in [0.15, 0.2) is 16.8 Å². The summed E-state index contributed by atoms with van der Waals surface area (Å²) in [7, 11) is 0. The number of carboxylic acids is 12. The number of hydrogen-bond donors (Lipinski definition) is 13. The molecular weight excluding hydrogens is 805 g/mol. The van der Waals surface area contributed by atoms with E-state index in [-0.39, 0.29) is 88.7 Å². The van der Waals surface area contributed by atoms with Gasteiger partial charge >= 0.3 is 142 Å². The molecule has 0 heterocycles. The molecule has 0 aromatic rings. The predicted molar refractivity (Wildman–Crippen MR) is 140 cm³/mol.